The molecule has 2 saturated carbocycles. The fourth-order valence-corrected chi connectivity index (χ4v) is 9.82. The van der Waals surface area contributed by atoms with Gasteiger partial charge in [-0.2, -0.15) is 0 Å². The highest BCUT2D eigenvalue weighted by molar-refractivity contribution is 7.97. The quantitative estimate of drug-likeness (QED) is 0.180. The lowest BCUT2D eigenvalue weighted by atomic mass is 9.66. The second-order valence-corrected chi connectivity index (χ2v) is 15.8. The number of fused-ring (bicyclic) bond motifs is 2. The lowest BCUT2D eigenvalue weighted by molar-refractivity contribution is -0.184. The third kappa shape index (κ3) is 5.23. The molecule has 2 unspecified atom stereocenters. The summed E-state index contributed by atoms with van der Waals surface area (Å²) in [6.45, 7) is 11.3. The Morgan fingerprint density at radius 3 is 1.80 bits per heavy atom. The Morgan fingerprint density at radius 2 is 1.32 bits per heavy atom. The van der Waals surface area contributed by atoms with E-state index in [1.165, 1.54) is 25.8 Å². The molecule has 3 aromatic rings. The van der Waals surface area contributed by atoms with Gasteiger partial charge in [0, 0.05) is 17.5 Å². The molecule has 3 aromatic carbocycles. The van der Waals surface area contributed by atoms with E-state index in [4.69, 9.17) is 14.2 Å². The first-order valence-corrected chi connectivity index (χ1v) is 17.3. The molecule has 2 aliphatic carbocycles. The molecule has 3 aliphatic rings. The van der Waals surface area contributed by atoms with Gasteiger partial charge >= 0.3 is 11.9 Å². The van der Waals surface area contributed by atoms with E-state index in [1.54, 1.807) is 0 Å². The minimum absolute atomic E-state index is 0.188. The summed E-state index contributed by atoms with van der Waals surface area (Å²) in [5.74, 6) is 1.17. The maximum Gasteiger partial charge on any atom is 0.351 e. The van der Waals surface area contributed by atoms with Crippen LogP contribution in [0.15, 0.2) is 87.5 Å². The zero-order valence-electron chi connectivity index (χ0n) is 26.7. The van der Waals surface area contributed by atoms with E-state index in [0.717, 1.165) is 31.4 Å². The third-order valence-electron chi connectivity index (χ3n) is 10.9. The van der Waals surface area contributed by atoms with Gasteiger partial charge in [-0.1, -0.05) is 50.2 Å². The van der Waals surface area contributed by atoms with Crippen molar-refractivity contribution in [2.45, 2.75) is 93.4 Å². The Kier molecular flexibility index (Phi) is 8.34. The predicted molar refractivity (Wildman–Crippen MR) is 173 cm³/mol. The normalized spacial score (nSPS) is 27.3. The lowest BCUT2D eigenvalue weighted by Gasteiger charge is -2.35. The van der Waals surface area contributed by atoms with Crippen molar-refractivity contribution in [2.24, 2.45) is 22.7 Å². The van der Waals surface area contributed by atoms with Crippen LogP contribution in [0, 0.1) is 36.5 Å². The van der Waals surface area contributed by atoms with E-state index >= 15 is 0 Å². The van der Waals surface area contributed by atoms with Crippen molar-refractivity contribution in [1.82, 2.24) is 0 Å². The standard InChI is InChI=1S/C38H45O5S/c1-26-22-32(44(30-12-8-6-9-13-30)31-14-10-7-11-15-31)23-27(2)33(26)41-24-28-16-18-29(19-17-28)25-42-35(40)38-21-20-37(5,34(39)43-38)36(38,3)4/h6-15,22-23,28-29H,16-21,24-25H2,1-5H3/q+1. The van der Waals surface area contributed by atoms with Crippen LogP contribution in [-0.4, -0.2) is 30.8 Å². The topological polar surface area (TPSA) is 61.8 Å². The largest absolute Gasteiger partial charge is 0.493 e. The van der Waals surface area contributed by atoms with Crippen LogP contribution < -0.4 is 4.74 Å². The number of hydrogen-bond acceptors (Lipinski definition) is 5. The van der Waals surface area contributed by atoms with Crippen molar-refractivity contribution in [3.8, 4) is 5.75 Å². The van der Waals surface area contributed by atoms with Gasteiger partial charge in [0.1, 0.15) is 5.75 Å². The zero-order valence-corrected chi connectivity index (χ0v) is 27.5. The first-order valence-electron chi connectivity index (χ1n) is 16.0. The molecule has 0 N–H and O–H groups in total. The van der Waals surface area contributed by atoms with Crippen LogP contribution in [0.3, 0.4) is 0 Å². The molecule has 1 saturated heterocycles. The van der Waals surface area contributed by atoms with Crippen molar-refractivity contribution >= 4 is 22.8 Å². The van der Waals surface area contributed by atoms with E-state index in [9.17, 15) is 9.59 Å². The highest BCUT2D eigenvalue weighted by Gasteiger charge is 2.76. The number of rotatable bonds is 9. The van der Waals surface area contributed by atoms with Gasteiger partial charge in [-0.15, -0.1) is 0 Å². The minimum Gasteiger partial charge on any atom is -0.493 e. The van der Waals surface area contributed by atoms with Crippen molar-refractivity contribution in [1.29, 1.82) is 0 Å². The lowest BCUT2D eigenvalue weighted by Crippen LogP contribution is -2.49. The molecule has 0 radical (unpaired) electrons. The van der Waals surface area contributed by atoms with Crippen LogP contribution in [-0.2, 0) is 30.0 Å². The molecule has 0 spiro atoms. The summed E-state index contributed by atoms with van der Waals surface area (Å²) in [6, 6.07) is 26.1. The highest BCUT2D eigenvalue weighted by Crippen LogP contribution is 2.65. The molecule has 2 atom stereocenters. The molecule has 232 valence electrons. The Morgan fingerprint density at radius 1 is 0.795 bits per heavy atom. The molecule has 6 heteroatoms. The Balaban J connectivity index is 1.04. The number of benzene rings is 3. The molecule has 0 amide bonds. The molecule has 1 aliphatic heterocycles. The van der Waals surface area contributed by atoms with Crippen LogP contribution in [0.2, 0.25) is 0 Å². The first kappa shape index (κ1) is 30.8. The summed E-state index contributed by atoms with van der Waals surface area (Å²) in [7, 11) is -0.188. The molecule has 44 heavy (non-hydrogen) atoms. The van der Waals surface area contributed by atoms with Crippen molar-refractivity contribution in [3.63, 3.8) is 0 Å². The Labute approximate surface area is 265 Å². The average Bonchev–Trinajstić information content (AvgIpc) is 3.31. The summed E-state index contributed by atoms with van der Waals surface area (Å²) < 4.78 is 18.1. The average molecular weight is 614 g/mol. The van der Waals surface area contributed by atoms with Gasteiger partial charge in [-0.3, -0.25) is 4.79 Å². The number of aryl methyl sites for hydroxylation is 2. The van der Waals surface area contributed by atoms with Crippen LogP contribution in [0.25, 0.3) is 0 Å². The molecular formula is C38H45O5S+. The van der Waals surface area contributed by atoms with E-state index < -0.39 is 16.4 Å². The summed E-state index contributed by atoms with van der Waals surface area (Å²) in [4.78, 5) is 29.7. The van der Waals surface area contributed by atoms with Gasteiger partial charge < -0.3 is 14.2 Å². The van der Waals surface area contributed by atoms with Crippen LogP contribution in [0.1, 0.15) is 70.4 Å². The predicted octanol–water partition coefficient (Wildman–Crippen LogP) is 8.25. The van der Waals surface area contributed by atoms with Gasteiger partial charge in [-0.25, -0.2) is 4.79 Å². The van der Waals surface area contributed by atoms with Crippen molar-refractivity contribution in [3.05, 3.63) is 83.9 Å². The van der Waals surface area contributed by atoms with Gasteiger partial charge in [-0.05, 0) is 107 Å². The number of esters is 2. The monoisotopic (exact) mass is 613 g/mol. The SMILES string of the molecule is Cc1cc([S+](c2ccccc2)c2ccccc2)cc(C)c1OCC1CCC(COC(=O)C23CCC(C)(C(=O)O2)C3(C)C)CC1. The maximum absolute atomic E-state index is 13.3. The first-order chi connectivity index (χ1) is 21.1. The fourth-order valence-electron chi connectivity index (χ4n) is 7.56. The molecule has 2 bridgehead atoms. The molecule has 0 aromatic heterocycles. The molecule has 3 fully saturated rings. The molecule has 1 heterocycles. The Bertz CT molecular complexity index is 1450. The number of hydrogen-bond donors (Lipinski definition) is 0. The van der Waals surface area contributed by atoms with Gasteiger partial charge in [0.25, 0.3) is 0 Å². The minimum atomic E-state index is -1.14. The second-order valence-electron chi connectivity index (χ2n) is 13.8. The summed E-state index contributed by atoms with van der Waals surface area (Å²) in [5, 5.41) is 0. The van der Waals surface area contributed by atoms with Gasteiger partial charge in [0.05, 0.1) is 29.5 Å². The molecule has 6 rings (SSSR count). The van der Waals surface area contributed by atoms with E-state index in [2.05, 4.69) is 86.6 Å². The summed E-state index contributed by atoms with van der Waals surface area (Å²) >= 11 is 0. The number of carbonyl (C=O) groups is 2. The molecule has 5 nitrogen and oxygen atoms in total. The van der Waals surface area contributed by atoms with E-state index in [0.29, 0.717) is 37.9 Å². The summed E-state index contributed by atoms with van der Waals surface area (Å²) in [5.41, 5.74) is 0.0122. The smallest absolute Gasteiger partial charge is 0.351 e. The van der Waals surface area contributed by atoms with Gasteiger partial charge in [0.2, 0.25) is 5.60 Å². The van der Waals surface area contributed by atoms with Crippen molar-refractivity contribution < 1.29 is 23.8 Å². The number of carbonyl (C=O) groups excluding carboxylic acids is 2. The maximum atomic E-state index is 13.3. The van der Waals surface area contributed by atoms with E-state index in [-0.39, 0.29) is 22.8 Å². The van der Waals surface area contributed by atoms with Crippen LogP contribution >= 0.6 is 0 Å². The molecular weight excluding hydrogens is 568 g/mol. The van der Waals surface area contributed by atoms with Crippen LogP contribution in [0.4, 0.5) is 0 Å². The van der Waals surface area contributed by atoms with E-state index in [1.807, 2.05) is 20.8 Å². The zero-order chi connectivity index (χ0) is 31.1. The van der Waals surface area contributed by atoms with Gasteiger partial charge in [0.15, 0.2) is 14.7 Å². The van der Waals surface area contributed by atoms with Crippen molar-refractivity contribution in [2.75, 3.05) is 13.2 Å². The number of ether oxygens (including phenoxy) is 3. The Hall–Kier alpha value is -3.25. The third-order valence-corrected chi connectivity index (χ3v) is 13.1. The summed E-state index contributed by atoms with van der Waals surface area (Å²) in [6.07, 6.45) is 5.32. The second kappa shape index (κ2) is 11.9. The highest BCUT2D eigenvalue weighted by atomic mass is 32.2. The van der Waals surface area contributed by atoms with Crippen LogP contribution in [0.5, 0.6) is 5.75 Å². The fraction of sp³-hybridized carbons (Fsp3) is 0.474.